The Bertz CT molecular complexity index is 1140. The number of allylic oxidation sites excluding steroid dienone is 3. The van der Waals surface area contributed by atoms with E-state index in [-0.39, 0.29) is 24.4 Å². The number of furan rings is 1. The molecule has 6 nitrogen and oxygen atoms in total. The minimum atomic E-state index is -0.606. The summed E-state index contributed by atoms with van der Waals surface area (Å²) >= 11 is 3.41. The molecule has 1 aliphatic carbocycles. The second kappa shape index (κ2) is 9.21. The Morgan fingerprint density at radius 3 is 2.61 bits per heavy atom. The lowest BCUT2D eigenvalue weighted by Crippen LogP contribution is -2.38. The van der Waals surface area contributed by atoms with Gasteiger partial charge in [0.25, 0.3) is 0 Å². The molecule has 0 spiro atoms. The highest BCUT2D eigenvalue weighted by molar-refractivity contribution is 9.10. The largest absolute Gasteiger partial charge is 0.486 e. The van der Waals surface area contributed by atoms with Gasteiger partial charge in [0, 0.05) is 27.9 Å². The van der Waals surface area contributed by atoms with Crippen molar-refractivity contribution in [3.8, 4) is 5.75 Å². The molecule has 4 rings (SSSR count). The van der Waals surface area contributed by atoms with Crippen molar-refractivity contribution in [1.82, 2.24) is 5.32 Å². The third-order valence-electron chi connectivity index (χ3n) is 5.90. The lowest BCUT2D eigenvalue weighted by Gasteiger charge is -2.38. The smallest absolute Gasteiger partial charge is 0.336 e. The first-order valence-corrected chi connectivity index (χ1v) is 11.9. The summed E-state index contributed by atoms with van der Waals surface area (Å²) in [6.45, 7) is 8.25. The highest BCUT2D eigenvalue weighted by Crippen LogP contribution is 2.47. The molecule has 0 bridgehead atoms. The Morgan fingerprint density at radius 1 is 1.18 bits per heavy atom. The van der Waals surface area contributed by atoms with Gasteiger partial charge in [0.05, 0.1) is 18.1 Å². The predicted octanol–water partition coefficient (Wildman–Crippen LogP) is 5.79. The molecule has 1 aromatic heterocycles. The number of ether oxygens (including phenoxy) is 2. The van der Waals surface area contributed by atoms with E-state index in [1.807, 2.05) is 43.3 Å². The maximum Gasteiger partial charge on any atom is 0.336 e. The molecular formula is C26H28BrNO5. The highest BCUT2D eigenvalue weighted by Gasteiger charge is 2.44. The van der Waals surface area contributed by atoms with Crippen LogP contribution in [0.3, 0.4) is 0 Å². The first-order valence-electron chi connectivity index (χ1n) is 11.1. The Hall–Kier alpha value is -2.80. The van der Waals surface area contributed by atoms with Gasteiger partial charge in [-0.25, -0.2) is 4.79 Å². The van der Waals surface area contributed by atoms with Crippen molar-refractivity contribution in [3.63, 3.8) is 0 Å². The van der Waals surface area contributed by atoms with Gasteiger partial charge in [0.1, 0.15) is 23.9 Å². The van der Waals surface area contributed by atoms with E-state index in [9.17, 15) is 9.59 Å². The number of carbonyl (C=O) groups excluding carboxylic acids is 2. The van der Waals surface area contributed by atoms with Gasteiger partial charge in [-0.1, -0.05) is 29.8 Å². The van der Waals surface area contributed by atoms with Crippen molar-refractivity contribution in [2.75, 3.05) is 6.61 Å². The van der Waals surface area contributed by atoms with Gasteiger partial charge in [0.15, 0.2) is 5.78 Å². The molecule has 0 saturated carbocycles. The molecule has 0 radical (unpaired) electrons. The lowest BCUT2D eigenvalue weighted by molar-refractivity contribution is -0.138. The van der Waals surface area contributed by atoms with Gasteiger partial charge < -0.3 is 19.2 Å². The fourth-order valence-electron chi connectivity index (χ4n) is 4.51. The number of esters is 1. The van der Waals surface area contributed by atoms with Gasteiger partial charge in [0.2, 0.25) is 0 Å². The van der Waals surface area contributed by atoms with Gasteiger partial charge in [-0.15, -0.1) is 0 Å². The van der Waals surface area contributed by atoms with Crippen molar-refractivity contribution in [3.05, 3.63) is 74.9 Å². The Kier molecular flexibility index (Phi) is 6.52. The zero-order valence-electron chi connectivity index (χ0n) is 19.3. The van der Waals surface area contributed by atoms with Crippen LogP contribution in [0.4, 0.5) is 0 Å². The van der Waals surface area contributed by atoms with Crippen LogP contribution in [-0.2, 0) is 20.9 Å². The molecule has 1 aromatic carbocycles. The third kappa shape index (κ3) is 4.93. The molecule has 1 atom stereocenters. The van der Waals surface area contributed by atoms with Gasteiger partial charge in [-0.3, -0.25) is 4.79 Å². The zero-order chi connectivity index (χ0) is 23.8. The number of hydrogen-bond acceptors (Lipinski definition) is 6. The number of rotatable bonds is 6. The third-order valence-corrected chi connectivity index (χ3v) is 6.43. The van der Waals surface area contributed by atoms with Crippen molar-refractivity contribution < 1.29 is 23.5 Å². The Labute approximate surface area is 202 Å². The SMILES string of the molecule is CCOC(=O)C1=C(C)NC2=C(C(=O)CC(C)(C)C2)C1c1ccc(COc2ccc(Br)cc2)o1. The van der Waals surface area contributed by atoms with E-state index in [2.05, 4.69) is 35.1 Å². The molecule has 1 unspecified atom stereocenters. The van der Waals surface area contributed by atoms with Crippen LogP contribution >= 0.6 is 15.9 Å². The van der Waals surface area contributed by atoms with Crippen LogP contribution < -0.4 is 10.1 Å². The molecule has 0 fully saturated rings. The second-order valence-corrected chi connectivity index (χ2v) is 10.1. The fourth-order valence-corrected chi connectivity index (χ4v) is 4.78. The van der Waals surface area contributed by atoms with Crippen LogP contribution in [0.15, 0.2) is 67.8 Å². The maximum atomic E-state index is 13.3. The summed E-state index contributed by atoms with van der Waals surface area (Å²) in [6, 6.07) is 11.2. The first kappa shape index (κ1) is 23.4. The number of carbonyl (C=O) groups is 2. The van der Waals surface area contributed by atoms with Crippen LogP contribution in [0.2, 0.25) is 0 Å². The molecule has 2 heterocycles. The number of nitrogens with one attached hydrogen (secondary N) is 1. The summed E-state index contributed by atoms with van der Waals surface area (Å²) in [5.74, 6) is 0.839. The Morgan fingerprint density at radius 2 is 1.91 bits per heavy atom. The average molecular weight is 514 g/mol. The number of hydrogen-bond donors (Lipinski definition) is 1. The minimum absolute atomic E-state index is 0.0251. The van der Waals surface area contributed by atoms with Crippen LogP contribution in [-0.4, -0.2) is 18.4 Å². The van der Waals surface area contributed by atoms with E-state index >= 15 is 0 Å². The molecule has 7 heteroatoms. The summed E-state index contributed by atoms with van der Waals surface area (Å²) in [5, 5.41) is 3.32. The quantitative estimate of drug-likeness (QED) is 0.492. The first-order chi connectivity index (χ1) is 15.7. The van der Waals surface area contributed by atoms with Crippen LogP contribution in [0.25, 0.3) is 0 Å². The molecule has 1 N–H and O–H groups in total. The zero-order valence-corrected chi connectivity index (χ0v) is 20.9. The summed E-state index contributed by atoms with van der Waals surface area (Å²) < 4.78 is 18.3. The number of dihydropyridines is 1. The number of ketones is 1. The summed E-state index contributed by atoms with van der Waals surface area (Å²) in [7, 11) is 0. The summed E-state index contributed by atoms with van der Waals surface area (Å²) in [6.07, 6.45) is 1.14. The maximum absolute atomic E-state index is 13.3. The van der Waals surface area contributed by atoms with Crippen LogP contribution in [0, 0.1) is 5.41 Å². The topological polar surface area (TPSA) is 77.8 Å². The molecule has 2 aliphatic rings. The summed E-state index contributed by atoms with van der Waals surface area (Å²) in [4.78, 5) is 26.2. The molecule has 174 valence electrons. The standard InChI is InChI=1S/C26H28BrNO5/c1-5-31-25(30)22-15(2)28-19-12-26(3,4)13-20(29)23(19)24(22)21-11-10-18(33-21)14-32-17-8-6-16(27)7-9-17/h6-11,24,28H,5,12-14H2,1-4H3. The van der Waals surface area contributed by atoms with Gasteiger partial charge >= 0.3 is 5.97 Å². The normalized spacial score (nSPS) is 19.8. The monoisotopic (exact) mass is 513 g/mol. The van der Waals surface area contributed by atoms with Crippen LogP contribution in [0.5, 0.6) is 5.75 Å². The number of benzene rings is 1. The molecule has 1 aliphatic heterocycles. The minimum Gasteiger partial charge on any atom is -0.486 e. The summed E-state index contributed by atoms with van der Waals surface area (Å²) in [5.41, 5.74) is 2.40. The lowest BCUT2D eigenvalue weighted by atomic mass is 9.69. The highest BCUT2D eigenvalue weighted by atomic mass is 79.9. The molecule has 2 aromatic rings. The van der Waals surface area contributed by atoms with E-state index in [1.165, 1.54) is 0 Å². The van der Waals surface area contributed by atoms with Crippen molar-refractivity contribution >= 4 is 27.7 Å². The van der Waals surface area contributed by atoms with E-state index in [1.54, 1.807) is 6.92 Å². The van der Waals surface area contributed by atoms with E-state index in [0.717, 1.165) is 22.3 Å². The molecular weight excluding hydrogens is 486 g/mol. The van der Waals surface area contributed by atoms with Crippen LogP contribution in [0.1, 0.15) is 58.0 Å². The Balaban J connectivity index is 1.67. The van der Waals surface area contributed by atoms with E-state index in [0.29, 0.717) is 34.8 Å². The number of Topliss-reactive ketones (excluding diaryl/α,β-unsaturated/α-hetero) is 1. The average Bonchev–Trinajstić information content (AvgIpc) is 3.20. The predicted molar refractivity (Wildman–Crippen MR) is 127 cm³/mol. The second-order valence-electron chi connectivity index (χ2n) is 9.20. The van der Waals surface area contributed by atoms with Crippen molar-refractivity contribution in [2.45, 2.75) is 53.1 Å². The molecule has 33 heavy (non-hydrogen) atoms. The van der Waals surface area contributed by atoms with E-state index in [4.69, 9.17) is 13.9 Å². The van der Waals surface area contributed by atoms with Crippen molar-refractivity contribution in [1.29, 1.82) is 0 Å². The van der Waals surface area contributed by atoms with Gasteiger partial charge in [-0.05, 0) is 62.1 Å². The number of halogens is 1. The van der Waals surface area contributed by atoms with Gasteiger partial charge in [-0.2, -0.15) is 0 Å². The molecule has 0 amide bonds. The van der Waals surface area contributed by atoms with Crippen molar-refractivity contribution in [2.24, 2.45) is 5.41 Å². The fraction of sp³-hybridized carbons (Fsp3) is 0.385. The molecule has 0 saturated heterocycles. The van der Waals surface area contributed by atoms with E-state index < -0.39 is 11.9 Å².